The molecule has 2 atom stereocenters. The molecule has 0 aromatic heterocycles. The van der Waals surface area contributed by atoms with Crippen LogP contribution >= 0.6 is 0 Å². The molecule has 8 nitrogen and oxygen atoms in total. The topological polar surface area (TPSA) is 116 Å². The SMILES string of the molecule is CC(=O)NOCCCN1C[C@H](C(=O)c2cccc(O)c2)C(c2c(F)ccc(C)c2F)[C@@H](C(=O)c2cccc(O)c2)C1. The zero-order valence-corrected chi connectivity index (χ0v) is 22.8. The van der Waals surface area contributed by atoms with Gasteiger partial charge in [-0.25, -0.2) is 14.3 Å². The molecule has 1 aliphatic heterocycles. The predicted octanol–water partition coefficient (Wildman–Crippen LogP) is 4.54. The molecule has 0 unspecified atom stereocenters. The Balaban J connectivity index is 1.80. The summed E-state index contributed by atoms with van der Waals surface area (Å²) in [5.41, 5.74) is 2.37. The van der Waals surface area contributed by atoms with E-state index >= 15 is 8.78 Å². The first-order valence-corrected chi connectivity index (χ1v) is 13.3. The minimum atomic E-state index is -1.17. The second-order valence-corrected chi connectivity index (χ2v) is 10.3. The molecule has 0 saturated carbocycles. The van der Waals surface area contributed by atoms with Crippen LogP contribution in [0.15, 0.2) is 60.7 Å². The van der Waals surface area contributed by atoms with Crippen LogP contribution in [0.4, 0.5) is 8.78 Å². The summed E-state index contributed by atoms with van der Waals surface area (Å²) in [7, 11) is 0. The molecule has 1 heterocycles. The van der Waals surface area contributed by atoms with Crippen molar-refractivity contribution >= 4 is 17.5 Å². The highest BCUT2D eigenvalue weighted by molar-refractivity contribution is 6.02. The lowest BCUT2D eigenvalue weighted by molar-refractivity contribution is -0.131. The summed E-state index contributed by atoms with van der Waals surface area (Å²) in [6.45, 7) is 3.48. The minimum absolute atomic E-state index is 0.0793. The summed E-state index contributed by atoms with van der Waals surface area (Å²) in [5, 5.41) is 20.1. The van der Waals surface area contributed by atoms with E-state index in [1.54, 1.807) is 0 Å². The van der Waals surface area contributed by atoms with Crippen LogP contribution in [0, 0.1) is 30.4 Å². The summed E-state index contributed by atoms with van der Waals surface area (Å²) in [6, 6.07) is 13.8. The van der Waals surface area contributed by atoms with Crippen molar-refractivity contribution in [3.8, 4) is 11.5 Å². The molecule has 0 radical (unpaired) electrons. The number of hydrogen-bond donors (Lipinski definition) is 3. The Morgan fingerprint density at radius 2 is 1.49 bits per heavy atom. The number of nitrogens with zero attached hydrogens (tertiary/aromatic N) is 1. The molecule has 1 amide bonds. The fraction of sp³-hybridized carbons (Fsp3) is 0.323. The number of likely N-dealkylation sites (tertiary alicyclic amines) is 1. The van der Waals surface area contributed by atoms with Gasteiger partial charge in [-0.15, -0.1) is 0 Å². The second-order valence-electron chi connectivity index (χ2n) is 10.3. The zero-order valence-electron chi connectivity index (χ0n) is 22.8. The molecule has 41 heavy (non-hydrogen) atoms. The average molecular weight is 567 g/mol. The van der Waals surface area contributed by atoms with E-state index in [1.807, 2.05) is 4.90 Å². The van der Waals surface area contributed by atoms with Crippen LogP contribution in [0.5, 0.6) is 11.5 Å². The Labute approximate surface area is 236 Å². The quantitative estimate of drug-likeness (QED) is 0.188. The minimum Gasteiger partial charge on any atom is -0.508 e. The number of nitrogens with one attached hydrogen (secondary N) is 1. The normalized spacial score (nSPS) is 17.8. The molecule has 216 valence electrons. The highest BCUT2D eigenvalue weighted by Gasteiger charge is 2.47. The first-order chi connectivity index (χ1) is 19.6. The fourth-order valence-electron chi connectivity index (χ4n) is 5.46. The van der Waals surface area contributed by atoms with Crippen LogP contribution < -0.4 is 5.48 Å². The van der Waals surface area contributed by atoms with Gasteiger partial charge in [-0.3, -0.25) is 19.2 Å². The van der Waals surface area contributed by atoms with Crippen molar-refractivity contribution < 1.29 is 38.2 Å². The molecule has 1 aliphatic rings. The Morgan fingerprint density at radius 1 is 0.927 bits per heavy atom. The Bertz CT molecular complexity index is 1380. The van der Waals surface area contributed by atoms with Crippen LogP contribution in [0.3, 0.4) is 0 Å². The van der Waals surface area contributed by atoms with Crippen LogP contribution in [-0.2, 0) is 9.63 Å². The molecule has 1 fully saturated rings. The van der Waals surface area contributed by atoms with Gasteiger partial charge in [-0.05, 0) is 49.2 Å². The molecule has 0 aliphatic carbocycles. The van der Waals surface area contributed by atoms with E-state index in [-0.39, 0.29) is 59.4 Å². The number of hydrogen-bond acceptors (Lipinski definition) is 7. The maximum Gasteiger partial charge on any atom is 0.240 e. The maximum atomic E-state index is 15.7. The van der Waals surface area contributed by atoms with Crippen LogP contribution in [0.2, 0.25) is 0 Å². The standard InChI is InChI=1S/C31H32F2N2O6/c1-18-10-11-26(32)28(29(18)33)27-24(30(39)20-6-3-8-22(37)14-20)16-35(12-5-13-41-34-19(2)36)17-25(27)31(40)21-7-4-9-23(38)15-21/h3-4,6-11,14-15,24-25,27,37-38H,5,12-13,16-17H2,1-2H3,(H,34,36)/t24-,25-/m0/s1. The monoisotopic (exact) mass is 566 g/mol. The van der Waals surface area contributed by atoms with Gasteiger partial charge in [0.25, 0.3) is 0 Å². The Hall–Kier alpha value is -4.15. The molecule has 3 aromatic rings. The lowest BCUT2D eigenvalue weighted by atomic mass is 9.68. The number of aryl methyl sites for hydroxylation is 1. The summed E-state index contributed by atoms with van der Waals surface area (Å²) in [4.78, 5) is 46.1. The van der Waals surface area contributed by atoms with Crippen molar-refractivity contribution in [2.24, 2.45) is 11.8 Å². The van der Waals surface area contributed by atoms with Gasteiger partial charge < -0.3 is 15.1 Å². The lowest BCUT2D eigenvalue weighted by Crippen LogP contribution is -2.51. The van der Waals surface area contributed by atoms with Crippen molar-refractivity contribution in [2.75, 3.05) is 26.2 Å². The highest BCUT2D eigenvalue weighted by Crippen LogP contribution is 2.43. The van der Waals surface area contributed by atoms with E-state index in [0.29, 0.717) is 13.0 Å². The Kier molecular flexibility index (Phi) is 9.46. The number of halogens is 2. The van der Waals surface area contributed by atoms with Gasteiger partial charge in [0.15, 0.2) is 11.6 Å². The second kappa shape index (κ2) is 13.0. The summed E-state index contributed by atoms with van der Waals surface area (Å²) < 4.78 is 31.2. The molecular weight excluding hydrogens is 534 g/mol. The summed E-state index contributed by atoms with van der Waals surface area (Å²) in [6.07, 6.45) is 0.429. The zero-order chi connectivity index (χ0) is 29.7. The third-order valence-corrected chi connectivity index (χ3v) is 7.30. The van der Waals surface area contributed by atoms with Crippen LogP contribution in [-0.4, -0.2) is 58.8 Å². The van der Waals surface area contributed by atoms with Crippen molar-refractivity contribution in [3.05, 3.63) is 94.6 Å². The van der Waals surface area contributed by atoms with Crippen LogP contribution in [0.25, 0.3) is 0 Å². The number of carbonyl (C=O) groups excluding carboxylic acids is 3. The number of rotatable bonds is 10. The molecule has 1 saturated heterocycles. The third kappa shape index (κ3) is 6.96. The number of hydroxylamine groups is 1. The van der Waals surface area contributed by atoms with Gasteiger partial charge in [-0.2, -0.15) is 0 Å². The number of piperidine rings is 1. The lowest BCUT2D eigenvalue weighted by Gasteiger charge is -2.43. The molecule has 0 spiro atoms. The first-order valence-electron chi connectivity index (χ1n) is 13.3. The van der Waals surface area contributed by atoms with Gasteiger partial charge in [0.1, 0.15) is 23.1 Å². The largest absolute Gasteiger partial charge is 0.508 e. The number of Topliss-reactive ketones (excluding diaryl/α,β-unsaturated/α-hetero) is 2. The number of phenolic OH excluding ortho intramolecular Hbond substituents is 2. The third-order valence-electron chi connectivity index (χ3n) is 7.30. The van der Waals surface area contributed by atoms with E-state index < -0.39 is 41.0 Å². The number of amides is 1. The molecule has 4 rings (SSSR count). The van der Waals surface area contributed by atoms with Crippen LogP contribution in [0.1, 0.15) is 51.1 Å². The molecule has 3 N–H and O–H groups in total. The molecule has 3 aromatic carbocycles. The number of phenols is 2. The average Bonchev–Trinajstić information content (AvgIpc) is 2.94. The number of ketones is 2. The van der Waals surface area contributed by atoms with Gasteiger partial charge in [0, 0.05) is 61.0 Å². The highest BCUT2D eigenvalue weighted by atomic mass is 19.1. The first kappa shape index (κ1) is 29.8. The summed E-state index contributed by atoms with van der Waals surface area (Å²) in [5.74, 6) is -6.57. The molecular formula is C31H32F2N2O6. The Morgan fingerprint density at radius 3 is 2.00 bits per heavy atom. The van der Waals surface area contributed by atoms with E-state index in [1.165, 1.54) is 68.4 Å². The smallest absolute Gasteiger partial charge is 0.240 e. The maximum absolute atomic E-state index is 15.7. The predicted molar refractivity (Wildman–Crippen MR) is 147 cm³/mol. The summed E-state index contributed by atoms with van der Waals surface area (Å²) >= 11 is 0. The van der Waals surface area contributed by atoms with Gasteiger partial charge in [-0.1, -0.05) is 30.3 Å². The van der Waals surface area contributed by atoms with E-state index in [4.69, 9.17) is 4.84 Å². The van der Waals surface area contributed by atoms with E-state index in [9.17, 15) is 24.6 Å². The van der Waals surface area contributed by atoms with E-state index in [0.717, 1.165) is 6.07 Å². The van der Waals surface area contributed by atoms with Crippen molar-refractivity contribution in [3.63, 3.8) is 0 Å². The number of aromatic hydroxyl groups is 2. The van der Waals surface area contributed by atoms with Gasteiger partial charge >= 0.3 is 0 Å². The number of carbonyl (C=O) groups is 3. The van der Waals surface area contributed by atoms with E-state index in [2.05, 4.69) is 5.48 Å². The fourth-order valence-corrected chi connectivity index (χ4v) is 5.46. The van der Waals surface area contributed by atoms with Crippen molar-refractivity contribution in [1.29, 1.82) is 0 Å². The van der Waals surface area contributed by atoms with Crippen molar-refractivity contribution in [1.82, 2.24) is 10.4 Å². The van der Waals surface area contributed by atoms with Gasteiger partial charge in [0.05, 0.1) is 6.61 Å². The van der Waals surface area contributed by atoms with Gasteiger partial charge in [0.2, 0.25) is 5.91 Å². The molecule has 10 heteroatoms. The molecule has 0 bridgehead atoms. The number of benzene rings is 3. The van der Waals surface area contributed by atoms with Crippen molar-refractivity contribution in [2.45, 2.75) is 26.2 Å².